The van der Waals surface area contributed by atoms with Crippen molar-refractivity contribution in [2.75, 3.05) is 6.54 Å². The lowest BCUT2D eigenvalue weighted by Crippen LogP contribution is -2.09. The summed E-state index contributed by atoms with van der Waals surface area (Å²) in [7, 11) is 0. The maximum Gasteiger partial charge on any atom is 0.159 e. The summed E-state index contributed by atoms with van der Waals surface area (Å²) >= 11 is 0. The van der Waals surface area contributed by atoms with Crippen LogP contribution < -0.4 is 5.73 Å². The predicted molar refractivity (Wildman–Crippen MR) is 74.5 cm³/mol. The van der Waals surface area contributed by atoms with E-state index in [9.17, 15) is 0 Å². The maximum atomic E-state index is 5.59. The third kappa shape index (κ3) is 2.53. The molecule has 4 nitrogen and oxygen atoms in total. The van der Waals surface area contributed by atoms with Crippen LogP contribution in [0.1, 0.15) is 44.9 Å². The van der Waals surface area contributed by atoms with Crippen LogP contribution >= 0.6 is 0 Å². The van der Waals surface area contributed by atoms with Gasteiger partial charge in [0, 0.05) is 18.7 Å². The van der Waals surface area contributed by atoms with Gasteiger partial charge in [-0.3, -0.25) is 0 Å². The van der Waals surface area contributed by atoms with Gasteiger partial charge >= 0.3 is 0 Å². The topological polar surface area (TPSA) is 56.7 Å². The number of nitrogens with two attached hydrogens (primary N) is 1. The van der Waals surface area contributed by atoms with E-state index in [1.807, 2.05) is 18.3 Å². The molecule has 2 heterocycles. The predicted octanol–water partition coefficient (Wildman–Crippen LogP) is 2.68. The molecule has 0 bridgehead atoms. The molecule has 0 saturated heterocycles. The summed E-state index contributed by atoms with van der Waals surface area (Å²) in [5.41, 5.74) is 7.60. The third-order valence-corrected chi connectivity index (χ3v) is 3.26. The van der Waals surface area contributed by atoms with Crippen LogP contribution in [-0.4, -0.2) is 21.1 Å². The SMILES string of the molecule is CCCn1c(C(C)CCCN)nc2cccnc21. The Kier molecular flexibility index (Phi) is 4.31. The van der Waals surface area contributed by atoms with Crippen LogP contribution in [0, 0.1) is 0 Å². The van der Waals surface area contributed by atoms with Gasteiger partial charge in [-0.15, -0.1) is 0 Å². The number of hydrogen-bond donors (Lipinski definition) is 1. The van der Waals surface area contributed by atoms with Gasteiger partial charge in [-0.1, -0.05) is 13.8 Å². The average molecular weight is 246 g/mol. The minimum Gasteiger partial charge on any atom is -0.330 e. The number of pyridine rings is 1. The van der Waals surface area contributed by atoms with E-state index < -0.39 is 0 Å². The van der Waals surface area contributed by atoms with Gasteiger partial charge in [0.1, 0.15) is 11.3 Å². The quantitative estimate of drug-likeness (QED) is 0.852. The van der Waals surface area contributed by atoms with Crippen molar-refractivity contribution in [1.29, 1.82) is 0 Å². The van der Waals surface area contributed by atoms with Gasteiger partial charge in [0.2, 0.25) is 0 Å². The van der Waals surface area contributed by atoms with Crippen molar-refractivity contribution in [3.63, 3.8) is 0 Å². The van der Waals surface area contributed by atoms with Gasteiger partial charge in [0.15, 0.2) is 5.65 Å². The lowest BCUT2D eigenvalue weighted by molar-refractivity contribution is 0.558. The van der Waals surface area contributed by atoms with Crippen LogP contribution in [0.5, 0.6) is 0 Å². The summed E-state index contributed by atoms with van der Waals surface area (Å²) in [6, 6.07) is 3.98. The van der Waals surface area contributed by atoms with Gasteiger partial charge in [-0.2, -0.15) is 0 Å². The standard InChI is InChI=1S/C14H22N4/c1-3-10-18-13(11(2)6-4-8-15)17-12-7-5-9-16-14(12)18/h5,7,9,11H,3-4,6,8,10,15H2,1-2H3. The van der Waals surface area contributed by atoms with Crippen LogP contribution in [0.3, 0.4) is 0 Å². The molecular formula is C14H22N4. The van der Waals surface area contributed by atoms with Crippen molar-refractivity contribution < 1.29 is 0 Å². The highest BCUT2D eigenvalue weighted by molar-refractivity contribution is 5.71. The Morgan fingerprint density at radius 2 is 2.28 bits per heavy atom. The third-order valence-electron chi connectivity index (χ3n) is 3.26. The van der Waals surface area contributed by atoms with Crippen LogP contribution in [0.15, 0.2) is 18.3 Å². The van der Waals surface area contributed by atoms with Crippen molar-refractivity contribution >= 4 is 11.2 Å². The minimum absolute atomic E-state index is 0.439. The summed E-state index contributed by atoms with van der Waals surface area (Å²) in [4.78, 5) is 9.20. The fourth-order valence-corrected chi connectivity index (χ4v) is 2.35. The normalized spacial score (nSPS) is 13.1. The number of aryl methyl sites for hydroxylation is 1. The molecule has 18 heavy (non-hydrogen) atoms. The van der Waals surface area contributed by atoms with E-state index in [0.29, 0.717) is 5.92 Å². The number of imidazole rings is 1. The van der Waals surface area contributed by atoms with E-state index in [1.54, 1.807) is 0 Å². The number of fused-ring (bicyclic) bond motifs is 1. The molecule has 0 spiro atoms. The molecule has 2 aromatic heterocycles. The summed E-state index contributed by atoms with van der Waals surface area (Å²) < 4.78 is 2.26. The van der Waals surface area contributed by atoms with E-state index in [2.05, 4.69) is 23.4 Å². The Morgan fingerprint density at radius 1 is 1.44 bits per heavy atom. The van der Waals surface area contributed by atoms with Crippen LogP contribution in [-0.2, 0) is 6.54 Å². The molecule has 2 rings (SSSR count). The van der Waals surface area contributed by atoms with Gasteiger partial charge in [0.05, 0.1) is 0 Å². The molecule has 0 fully saturated rings. The highest BCUT2D eigenvalue weighted by Gasteiger charge is 2.16. The zero-order chi connectivity index (χ0) is 13.0. The van der Waals surface area contributed by atoms with E-state index in [0.717, 1.165) is 49.3 Å². The molecule has 98 valence electrons. The summed E-state index contributed by atoms with van der Waals surface area (Å²) in [5.74, 6) is 1.59. The smallest absolute Gasteiger partial charge is 0.159 e. The van der Waals surface area contributed by atoms with Crippen LogP contribution in [0.2, 0.25) is 0 Å². The number of aromatic nitrogens is 3. The monoisotopic (exact) mass is 246 g/mol. The Hall–Kier alpha value is -1.42. The lowest BCUT2D eigenvalue weighted by Gasteiger charge is -2.13. The largest absolute Gasteiger partial charge is 0.330 e. The van der Waals surface area contributed by atoms with Gasteiger partial charge in [-0.25, -0.2) is 9.97 Å². The average Bonchev–Trinajstić information content (AvgIpc) is 2.76. The Balaban J connectivity index is 2.38. The number of hydrogen-bond acceptors (Lipinski definition) is 3. The number of rotatable bonds is 6. The van der Waals surface area contributed by atoms with Crippen LogP contribution in [0.4, 0.5) is 0 Å². The van der Waals surface area contributed by atoms with Crippen molar-refractivity contribution in [1.82, 2.24) is 14.5 Å². The van der Waals surface area contributed by atoms with Gasteiger partial charge in [0.25, 0.3) is 0 Å². The second-order valence-electron chi connectivity index (χ2n) is 4.80. The molecule has 4 heteroatoms. The molecule has 0 radical (unpaired) electrons. The van der Waals surface area contributed by atoms with Crippen molar-refractivity contribution in [3.8, 4) is 0 Å². The highest BCUT2D eigenvalue weighted by Crippen LogP contribution is 2.24. The Labute approximate surface area is 108 Å². The lowest BCUT2D eigenvalue weighted by atomic mass is 10.0. The molecule has 2 N–H and O–H groups in total. The van der Waals surface area contributed by atoms with Crippen molar-refractivity contribution in [2.24, 2.45) is 5.73 Å². The first kappa shape index (κ1) is 13.0. The fraction of sp³-hybridized carbons (Fsp3) is 0.571. The van der Waals surface area contributed by atoms with E-state index >= 15 is 0 Å². The van der Waals surface area contributed by atoms with Crippen molar-refractivity contribution in [3.05, 3.63) is 24.2 Å². The Morgan fingerprint density at radius 3 is 3.00 bits per heavy atom. The molecular weight excluding hydrogens is 224 g/mol. The molecule has 1 atom stereocenters. The van der Waals surface area contributed by atoms with Gasteiger partial charge in [-0.05, 0) is 37.9 Å². The second kappa shape index (κ2) is 5.96. The van der Waals surface area contributed by atoms with E-state index in [1.165, 1.54) is 0 Å². The zero-order valence-corrected chi connectivity index (χ0v) is 11.3. The molecule has 0 saturated carbocycles. The first-order valence-electron chi connectivity index (χ1n) is 6.79. The summed E-state index contributed by atoms with van der Waals surface area (Å²) in [6.07, 6.45) is 5.07. The van der Waals surface area contributed by atoms with Crippen molar-refractivity contribution in [2.45, 2.75) is 45.6 Å². The second-order valence-corrected chi connectivity index (χ2v) is 4.80. The first-order valence-corrected chi connectivity index (χ1v) is 6.79. The number of nitrogens with zero attached hydrogens (tertiary/aromatic N) is 3. The molecule has 1 unspecified atom stereocenters. The molecule has 0 amide bonds. The summed E-state index contributed by atoms with van der Waals surface area (Å²) in [6.45, 7) is 6.14. The zero-order valence-electron chi connectivity index (χ0n) is 11.3. The molecule has 0 aromatic carbocycles. The molecule has 0 aliphatic carbocycles. The molecule has 0 aliphatic heterocycles. The van der Waals surface area contributed by atoms with E-state index in [-0.39, 0.29) is 0 Å². The molecule has 0 aliphatic rings. The van der Waals surface area contributed by atoms with E-state index in [4.69, 9.17) is 10.7 Å². The van der Waals surface area contributed by atoms with Crippen LogP contribution in [0.25, 0.3) is 11.2 Å². The Bertz CT molecular complexity index is 503. The molecule has 2 aromatic rings. The fourth-order valence-electron chi connectivity index (χ4n) is 2.35. The minimum atomic E-state index is 0.439. The maximum absolute atomic E-state index is 5.59. The highest BCUT2D eigenvalue weighted by atomic mass is 15.1. The summed E-state index contributed by atoms with van der Waals surface area (Å²) in [5, 5.41) is 0. The van der Waals surface area contributed by atoms with Gasteiger partial charge < -0.3 is 10.3 Å². The first-order chi connectivity index (χ1) is 8.77.